The average Bonchev–Trinajstić information content (AvgIpc) is 3.08. The minimum absolute atomic E-state index is 0. The van der Waals surface area contributed by atoms with Gasteiger partial charge in [-0.25, -0.2) is 0 Å². The van der Waals surface area contributed by atoms with E-state index in [4.69, 9.17) is 5.73 Å². The van der Waals surface area contributed by atoms with Gasteiger partial charge < -0.3 is 20.9 Å². The second-order valence-corrected chi connectivity index (χ2v) is 6.53. The van der Waals surface area contributed by atoms with E-state index in [1.807, 2.05) is 35.2 Å². The van der Waals surface area contributed by atoms with Gasteiger partial charge in [0.05, 0.1) is 19.1 Å². The molecule has 1 atom stereocenters. The minimum atomic E-state index is -0.338. The Labute approximate surface area is 165 Å². The maximum absolute atomic E-state index is 12.8. The number of piperazine rings is 1. The van der Waals surface area contributed by atoms with E-state index in [1.165, 1.54) is 0 Å². The van der Waals surface area contributed by atoms with Crippen LogP contribution in [0.4, 0.5) is 5.69 Å². The van der Waals surface area contributed by atoms with Gasteiger partial charge in [0.25, 0.3) is 0 Å². The lowest BCUT2D eigenvalue weighted by atomic mass is 10.1. The molecule has 2 fully saturated rings. The van der Waals surface area contributed by atoms with Crippen molar-refractivity contribution in [3.63, 3.8) is 0 Å². The number of nitrogens with two attached hydrogens (primary N) is 1. The predicted octanol–water partition coefficient (Wildman–Crippen LogP) is -0.567. The Balaban J connectivity index is 0.00000261. The number of para-hydroxylation sites is 1. The van der Waals surface area contributed by atoms with Crippen LogP contribution in [0.5, 0.6) is 0 Å². The second kappa shape index (κ2) is 9.68. The third-order valence-corrected chi connectivity index (χ3v) is 4.98. The van der Waals surface area contributed by atoms with E-state index in [9.17, 15) is 14.4 Å². The molecule has 0 bridgehead atoms. The summed E-state index contributed by atoms with van der Waals surface area (Å²) in [5.74, 6) is -0.323. The zero-order valence-corrected chi connectivity index (χ0v) is 16.0. The number of halogens is 1. The van der Waals surface area contributed by atoms with E-state index in [0.29, 0.717) is 26.2 Å². The molecule has 0 radical (unpaired) electrons. The van der Waals surface area contributed by atoms with E-state index in [-0.39, 0.29) is 49.3 Å². The Morgan fingerprint density at radius 3 is 2.37 bits per heavy atom. The third-order valence-electron chi connectivity index (χ3n) is 4.98. The van der Waals surface area contributed by atoms with Crippen molar-refractivity contribution in [2.75, 3.05) is 50.7 Å². The first-order chi connectivity index (χ1) is 12.6. The summed E-state index contributed by atoms with van der Waals surface area (Å²) in [6, 6.07) is 9.59. The fraction of sp³-hybridized carbons (Fsp3) is 0.500. The molecule has 2 aliphatic rings. The molecule has 1 unspecified atom stereocenters. The summed E-state index contributed by atoms with van der Waals surface area (Å²) in [7, 11) is 0. The van der Waals surface area contributed by atoms with Crippen molar-refractivity contribution in [3.05, 3.63) is 30.3 Å². The van der Waals surface area contributed by atoms with Crippen molar-refractivity contribution in [3.8, 4) is 0 Å². The summed E-state index contributed by atoms with van der Waals surface area (Å²) in [4.78, 5) is 41.8. The zero-order valence-electron chi connectivity index (χ0n) is 15.2. The molecule has 0 saturated carbocycles. The van der Waals surface area contributed by atoms with Crippen molar-refractivity contribution < 1.29 is 14.4 Å². The summed E-state index contributed by atoms with van der Waals surface area (Å²) in [5.41, 5.74) is 6.15. The quantitative estimate of drug-likeness (QED) is 0.695. The highest BCUT2D eigenvalue weighted by atomic mass is 35.5. The molecule has 3 amide bonds. The summed E-state index contributed by atoms with van der Waals surface area (Å²) >= 11 is 0. The molecule has 0 aliphatic carbocycles. The molecular weight excluding hydrogens is 370 g/mol. The largest absolute Gasteiger partial charge is 0.346 e. The third kappa shape index (κ3) is 4.97. The molecule has 3 rings (SSSR count). The average molecular weight is 396 g/mol. The van der Waals surface area contributed by atoms with Gasteiger partial charge in [-0.3, -0.25) is 19.3 Å². The van der Waals surface area contributed by atoms with Gasteiger partial charge in [0.1, 0.15) is 0 Å². The predicted molar refractivity (Wildman–Crippen MR) is 105 cm³/mol. The minimum Gasteiger partial charge on any atom is -0.346 e. The van der Waals surface area contributed by atoms with Crippen LogP contribution in [-0.2, 0) is 14.4 Å². The van der Waals surface area contributed by atoms with Gasteiger partial charge in [-0.15, -0.1) is 12.4 Å². The van der Waals surface area contributed by atoms with Crippen molar-refractivity contribution in [1.82, 2.24) is 15.1 Å². The summed E-state index contributed by atoms with van der Waals surface area (Å²) < 4.78 is 0. The number of hydrogen-bond donors (Lipinski definition) is 2. The van der Waals surface area contributed by atoms with E-state index in [1.54, 1.807) is 4.90 Å². The first kappa shape index (κ1) is 21.1. The number of hydrogen-bond acceptors (Lipinski definition) is 5. The molecule has 1 aromatic rings. The number of carbonyl (C=O) groups excluding carboxylic acids is 3. The number of nitrogens with one attached hydrogen (secondary N) is 1. The lowest BCUT2D eigenvalue weighted by Gasteiger charge is -2.37. The van der Waals surface area contributed by atoms with Crippen LogP contribution in [0.2, 0.25) is 0 Å². The molecule has 148 valence electrons. The van der Waals surface area contributed by atoms with E-state index < -0.39 is 0 Å². The molecule has 9 heteroatoms. The SMILES string of the molecule is Cl.NCC(=O)NCC(=O)N1CCN(C2CCN(c3ccccc3)C2=O)CC1. The first-order valence-electron chi connectivity index (χ1n) is 8.95. The maximum Gasteiger partial charge on any atom is 0.244 e. The van der Waals surface area contributed by atoms with Gasteiger partial charge in [0.15, 0.2) is 0 Å². The molecular formula is C18H26ClN5O3. The van der Waals surface area contributed by atoms with Crippen LogP contribution < -0.4 is 16.0 Å². The van der Waals surface area contributed by atoms with Crippen LogP contribution in [0.15, 0.2) is 30.3 Å². The Morgan fingerprint density at radius 2 is 1.74 bits per heavy atom. The van der Waals surface area contributed by atoms with Crippen molar-refractivity contribution in [2.24, 2.45) is 5.73 Å². The topological polar surface area (TPSA) is 99.0 Å². The maximum atomic E-state index is 12.8. The molecule has 0 aromatic heterocycles. The van der Waals surface area contributed by atoms with Gasteiger partial charge in [0.2, 0.25) is 17.7 Å². The van der Waals surface area contributed by atoms with E-state index >= 15 is 0 Å². The first-order valence-corrected chi connectivity index (χ1v) is 8.95. The molecule has 3 N–H and O–H groups in total. The van der Waals surface area contributed by atoms with Gasteiger partial charge in [-0.1, -0.05) is 18.2 Å². The van der Waals surface area contributed by atoms with Crippen LogP contribution in [0.1, 0.15) is 6.42 Å². The fourth-order valence-corrected chi connectivity index (χ4v) is 3.51. The fourth-order valence-electron chi connectivity index (χ4n) is 3.51. The van der Waals surface area contributed by atoms with E-state index in [0.717, 1.165) is 18.7 Å². The van der Waals surface area contributed by atoms with Crippen LogP contribution in [0.3, 0.4) is 0 Å². The number of carbonyl (C=O) groups is 3. The number of benzene rings is 1. The van der Waals surface area contributed by atoms with Crippen LogP contribution in [0.25, 0.3) is 0 Å². The molecule has 2 heterocycles. The smallest absolute Gasteiger partial charge is 0.244 e. The van der Waals surface area contributed by atoms with Gasteiger partial charge in [-0.2, -0.15) is 0 Å². The standard InChI is InChI=1S/C18H25N5O3.ClH/c19-12-16(24)20-13-17(25)22-10-8-21(9-11-22)15-6-7-23(18(15)26)14-4-2-1-3-5-14;/h1-5,15H,6-13,19H2,(H,20,24);1H. The van der Waals surface area contributed by atoms with Gasteiger partial charge >= 0.3 is 0 Å². The van der Waals surface area contributed by atoms with E-state index in [2.05, 4.69) is 10.2 Å². The zero-order chi connectivity index (χ0) is 18.5. The lowest BCUT2D eigenvalue weighted by Crippen LogP contribution is -2.55. The molecule has 27 heavy (non-hydrogen) atoms. The Kier molecular flexibility index (Phi) is 7.58. The monoisotopic (exact) mass is 395 g/mol. The summed E-state index contributed by atoms with van der Waals surface area (Å²) in [5, 5.41) is 2.50. The Morgan fingerprint density at radius 1 is 1.07 bits per heavy atom. The molecule has 2 saturated heterocycles. The highest BCUT2D eigenvalue weighted by Gasteiger charge is 2.38. The summed E-state index contributed by atoms with van der Waals surface area (Å²) in [6.07, 6.45) is 0.800. The van der Waals surface area contributed by atoms with Crippen LogP contribution in [-0.4, -0.2) is 79.4 Å². The molecule has 0 spiro atoms. The molecule has 2 aliphatic heterocycles. The number of amides is 3. The number of anilines is 1. The van der Waals surface area contributed by atoms with Crippen molar-refractivity contribution in [1.29, 1.82) is 0 Å². The summed E-state index contributed by atoms with van der Waals surface area (Å²) in [6.45, 7) is 3.02. The highest BCUT2D eigenvalue weighted by Crippen LogP contribution is 2.24. The Bertz CT molecular complexity index is 664. The van der Waals surface area contributed by atoms with Crippen LogP contribution in [0, 0.1) is 0 Å². The van der Waals surface area contributed by atoms with Gasteiger partial charge in [0, 0.05) is 38.4 Å². The van der Waals surface area contributed by atoms with Crippen molar-refractivity contribution in [2.45, 2.75) is 12.5 Å². The van der Waals surface area contributed by atoms with Crippen LogP contribution >= 0.6 is 12.4 Å². The Hall–Kier alpha value is -2.16. The normalized spacial score (nSPS) is 20.3. The lowest BCUT2D eigenvalue weighted by molar-refractivity contribution is -0.134. The molecule has 1 aromatic carbocycles. The van der Waals surface area contributed by atoms with Gasteiger partial charge in [-0.05, 0) is 18.6 Å². The second-order valence-electron chi connectivity index (χ2n) is 6.53. The molecule has 8 nitrogen and oxygen atoms in total. The van der Waals surface area contributed by atoms with Crippen molar-refractivity contribution >= 4 is 35.8 Å². The number of nitrogens with zero attached hydrogens (tertiary/aromatic N) is 3. The number of rotatable bonds is 5. The highest BCUT2D eigenvalue weighted by molar-refractivity contribution is 5.99.